The predicted molar refractivity (Wildman–Crippen MR) is 79.4 cm³/mol. The monoisotopic (exact) mass is 300 g/mol. The van der Waals surface area contributed by atoms with Crippen molar-refractivity contribution < 1.29 is 9.13 Å². The Labute approximate surface area is 124 Å². The van der Waals surface area contributed by atoms with Gasteiger partial charge in [0.2, 0.25) is 0 Å². The highest BCUT2D eigenvalue weighted by atomic mass is 35.5. The Morgan fingerprint density at radius 2 is 2.25 bits per heavy atom. The average molecular weight is 301 g/mol. The number of hydrogen-bond acceptors (Lipinski definition) is 3. The molecule has 1 heterocycles. The minimum atomic E-state index is -0.301. The second-order valence-corrected chi connectivity index (χ2v) is 6.47. The quantitative estimate of drug-likeness (QED) is 0.932. The first-order valence-corrected chi connectivity index (χ1v) is 7.27. The number of hydrogen-bond donors (Lipinski definition) is 1. The van der Waals surface area contributed by atoms with Crippen LogP contribution in [0.4, 0.5) is 4.39 Å². The van der Waals surface area contributed by atoms with Gasteiger partial charge in [-0.05, 0) is 32.9 Å². The number of nitrogens with zero attached hydrogens (tertiary/aromatic N) is 1. The number of halogens is 2. The molecule has 2 N–H and O–H groups in total. The lowest BCUT2D eigenvalue weighted by molar-refractivity contribution is -0.138. The van der Waals surface area contributed by atoms with Crippen molar-refractivity contribution in [3.63, 3.8) is 0 Å². The largest absolute Gasteiger partial charge is 0.370 e. The van der Waals surface area contributed by atoms with Crippen molar-refractivity contribution in [2.75, 3.05) is 19.6 Å². The zero-order valence-corrected chi connectivity index (χ0v) is 13.0. The van der Waals surface area contributed by atoms with E-state index in [0.717, 1.165) is 13.1 Å². The van der Waals surface area contributed by atoms with Crippen LogP contribution in [-0.2, 0) is 4.74 Å². The van der Waals surface area contributed by atoms with Crippen LogP contribution in [-0.4, -0.2) is 36.2 Å². The molecule has 0 spiro atoms. The summed E-state index contributed by atoms with van der Waals surface area (Å²) in [7, 11) is 0. The molecular formula is C15H22ClFN2O. The van der Waals surface area contributed by atoms with Crippen LogP contribution in [0.1, 0.15) is 32.4 Å². The fourth-order valence-electron chi connectivity index (χ4n) is 2.98. The molecule has 2 rings (SSSR count). The van der Waals surface area contributed by atoms with Gasteiger partial charge < -0.3 is 10.5 Å². The Morgan fingerprint density at radius 1 is 1.55 bits per heavy atom. The fourth-order valence-corrected chi connectivity index (χ4v) is 3.14. The van der Waals surface area contributed by atoms with Gasteiger partial charge in [0.15, 0.2) is 0 Å². The van der Waals surface area contributed by atoms with Crippen LogP contribution in [0.5, 0.6) is 0 Å². The molecule has 0 bridgehead atoms. The maximum Gasteiger partial charge on any atom is 0.129 e. The van der Waals surface area contributed by atoms with Crippen LogP contribution >= 0.6 is 11.6 Å². The lowest BCUT2D eigenvalue weighted by Crippen LogP contribution is -2.54. The molecule has 112 valence electrons. The minimum Gasteiger partial charge on any atom is -0.370 e. The Morgan fingerprint density at radius 3 is 2.80 bits per heavy atom. The molecule has 2 unspecified atom stereocenters. The number of nitrogens with two attached hydrogens (primary N) is 1. The molecule has 1 aromatic rings. The highest BCUT2D eigenvalue weighted by Crippen LogP contribution is 2.30. The van der Waals surface area contributed by atoms with Gasteiger partial charge in [0.25, 0.3) is 0 Å². The number of benzene rings is 1. The average Bonchev–Trinajstić information content (AvgIpc) is 2.30. The topological polar surface area (TPSA) is 38.5 Å². The van der Waals surface area contributed by atoms with E-state index >= 15 is 0 Å². The van der Waals surface area contributed by atoms with Crippen molar-refractivity contribution in [2.45, 2.75) is 38.5 Å². The second kappa shape index (κ2) is 5.98. The van der Waals surface area contributed by atoms with Gasteiger partial charge in [0, 0.05) is 30.2 Å². The third-order valence-corrected chi connectivity index (χ3v) is 3.82. The Balaban J connectivity index is 2.27. The molecule has 0 amide bonds. The smallest absolute Gasteiger partial charge is 0.129 e. The maximum absolute atomic E-state index is 14.1. The van der Waals surface area contributed by atoms with Crippen LogP contribution in [0.25, 0.3) is 0 Å². The van der Waals surface area contributed by atoms with Crippen molar-refractivity contribution in [1.82, 2.24) is 4.90 Å². The van der Waals surface area contributed by atoms with Gasteiger partial charge in [-0.25, -0.2) is 4.39 Å². The summed E-state index contributed by atoms with van der Waals surface area (Å²) in [6.07, 6.45) is 0.100. The summed E-state index contributed by atoms with van der Waals surface area (Å²) >= 11 is 5.81. The molecule has 1 saturated heterocycles. The van der Waals surface area contributed by atoms with Crippen LogP contribution < -0.4 is 5.73 Å². The van der Waals surface area contributed by atoms with Gasteiger partial charge in [0.05, 0.1) is 17.7 Å². The van der Waals surface area contributed by atoms with Crippen molar-refractivity contribution in [3.8, 4) is 0 Å². The molecule has 1 fully saturated rings. The lowest BCUT2D eigenvalue weighted by Gasteiger charge is -2.45. The zero-order valence-electron chi connectivity index (χ0n) is 12.2. The van der Waals surface area contributed by atoms with E-state index in [1.165, 1.54) is 6.07 Å². The predicted octanol–water partition coefficient (Wildman–Crippen LogP) is 2.98. The lowest BCUT2D eigenvalue weighted by atomic mass is 9.99. The van der Waals surface area contributed by atoms with E-state index in [0.29, 0.717) is 17.1 Å². The van der Waals surface area contributed by atoms with E-state index < -0.39 is 0 Å². The Hall–Kier alpha value is -0.680. The molecule has 5 heteroatoms. The van der Waals surface area contributed by atoms with Gasteiger partial charge in [-0.1, -0.05) is 17.7 Å². The van der Waals surface area contributed by atoms with Crippen LogP contribution in [0, 0.1) is 5.82 Å². The van der Waals surface area contributed by atoms with E-state index in [4.69, 9.17) is 22.1 Å². The highest BCUT2D eigenvalue weighted by molar-refractivity contribution is 6.30. The first-order chi connectivity index (χ1) is 9.32. The molecule has 1 aliphatic rings. The molecular weight excluding hydrogens is 279 g/mol. The van der Waals surface area contributed by atoms with Gasteiger partial charge in [-0.15, -0.1) is 0 Å². The Bertz CT molecular complexity index is 481. The first-order valence-electron chi connectivity index (χ1n) is 6.89. The fraction of sp³-hybridized carbons (Fsp3) is 0.600. The minimum absolute atomic E-state index is 0.100. The summed E-state index contributed by atoms with van der Waals surface area (Å²) < 4.78 is 20.0. The van der Waals surface area contributed by atoms with Crippen molar-refractivity contribution in [1.29, 1.82) is 0 Å². The zero-order chi connectivity index (χ0) is 14.9. The van der Waals surface area contributed by atoms with Gasteiger partial charge in [0.1, 0.15) is 5.82 Å². The second-order valence-electron chi connectivity index (χ2n) is 6.03. The van der Waals surface area contributed by atoms with Gasteiger partial charge in [-0.2, -0.15) is 0 Å². The molecule has 0 saturated carbocycles. The number of rotatable bonds is 3. The molecule has 0 aromatic heterocycles. The molecule has 2 atom stereocenters. The van der Waals surface area contributed by atoms with Crippen LogP contribution in [0.2, 0.25) is 5.02 Å². The Kier molecular flexibility index (Phi) is 4.69. The van der Waals surface area contributed by atoms with Gasteiger partial charge in [-0.3, -0.25) is 4.90 Å². The normalized spacial score (nSPS) is 24.6. The van der Waals surface area contributed by atoms with E-state index in [1.807, 2.05) is 20.8 Å². The summed E-state index contributed by atoms with van der Waals surface area (Å²) in [5, 5.41) is 0.401. The van der Waals surface area contributed by atoms with Crippen molar-refractivity contribution >= 4 is 11.6 Å². The van der Waals surface area contributed by atoms with Crippen molar-refractivity contribution in [2.24, 2.45) is 5.73 Å². The summed E-state index contributed by atoms with van der Waals surface area (Å²) in [5.41, 5.74) is 6.24. The summed E-state index contributed by atoms with van der Waals surface area (Å²) in [6, 6.07) is 4.62. The van der Waals surface area contributed by atoms with E-state index in [9.17, 15) is 4.39 Å². The van der Waals surface area contributed by atoms with E-state index in [1.54, 1.807) is 12.1 Å². The maximum atomic E-state index is 14.1. The standard InChI is InChI=1S/C15H22ClFN2O/c1-10-8-19(9-15(2,3)20-10)14(7-18)12-5-4-11(16)6-13(12)17/h4-6,10,14H,7-9,18H2,1-3H3. The summed E-state index contributed by atoms with van der Waals surface area (Å²) in [6.45, 7) is 7.94. The molecule has 0 aliphatic carbocycles. The van der Waals surface area contributed by atoms with Crippen molar-refractivity contribution in [3.05, 3.63) is 34.6 Å². The summed E-state index contributed by atoms with van der Waals surface area (Å²) in [5.74, 6) is -0.301. The molecule has 0 radical (unpaired) electrons. The highest BCUT2D eigenvalue weighted by Gasteiger charge is 2.35. The molecule has 20 heavy (non-hydrogen) atoms. The number of morpholine rings is 1. The van der Waals surface area contributed by atoms with E-state index in [-0.39, 0.29) is 23.6 Å². The molecule has 1 aliphatic heterocycles. The van der Waals surface area contributed by atoms with Crippen LogP contribution in [0.3, 0.4) is 0 Å². The SMILES string of the molecule is CC1CN(C(CN)c2ccc(Cl)cc2F)CC(C)(C)O1. The summed E-state index contributed by atoms with van der Waals surface area (Å²) in [4.78, 5) is 2.19. The first kappa shape index (κ1) is 15.7. The van der Waals surface area contributed by atoms with E-state index in [2.05, 4.69) is 4.90 Å². The number of ether oxygens (including phenoxy) is 1. The third-order valence-electron chi connectivity index (χ3n) is 3.58. The van der Waals surface area contributed by atoms with Crippen LogP contribution in [0.15, 0.2) is 18.2 Å². The third kappa shape index (κ3) is 3.50. The molecule has 1 aromatic carbocycles. The van der Waals surface area contributed by atoms with Gasteiger partial charge >= 0.3 is 0 Å². The molecule has 3 nitrogen and oxygen atoms in total.